The molecular formula is C28H30N2O3. The van der Waals surface area contributed by atoms with Gasteiger partial charge < -0.3 is 5.32 Å². The first-order valence-corrected chi connectivity index (χ1v) is 11.6. The molecule has 5 nitrogen and oxygen atoms in total. The Labute approximate surface area is 195 Å². The van der Waals surface area contributed by atoms with E-state index in [1.807, 2.05) is 72.8 Å². The van der Waals surface area contributed by atoms with Gasteiger partial charge in [-0.3, -0.25) is 14.4 Å². The Hall–Kier alpha value is -3.44. The molecule has 3 aromatic rings. The Balaban J connectivity index is 1.16. The third kappa shape index (κ3) is 6.53. The zero-order chi connectivity index (χ0) is 22.9. The highest BCUT2D eigenvalue weighted by Crippen LogP contribution is 2.28. The van der Waals surface area contributed by atoms with Gasteiger partial charge in [-0.25, -0.2) is 5.48 Å². The Morgan fingerprint density at radius 1 is 0.758 bits per heavy atom. The first kappa shape index (κ1) is 22.7. The third-order valence-electron chi connectivity index (χ3n) is 6.28. The Morgan fingerprint density at radius 3 is 2.03 bits per heavy atom. The largest absolute Gasteiger partial charge is 0.352 e. The Morgan fingerprint density at radius 2 is 1.36 bits per heavy atom. The summed E-state index contributed by atoms with van der Waals surface area (Å²) >= 11 is 0. The molecule has 0 saturated heterocycles. The second kappa shape index (κ2) is 11.4. The van der Waals surface area contributed by atoms with E-state index in [-0.39, 0.29) is 17.7 Å². The van der Waals surface area contributed by atoms with Gasteiger partial charge in [-0.1, -0.05) is 72.8 Å². The van der Waals surface area contributed by atoms with Crippen LogP contribution < -0.4 is 10.8 Å². The fraction of sp³-hybridized carbons (Fsp3) is 0.286. The maximum atomic E-state index is 12.6. The molecule has 1 aliphatic rings. The van der Waals surface area contributed by atoms with Crippen LogP contribution in [0.4, 0.5) is 0 Å². The van der Waals surface area contributed by atoms with Gasteiger partial charge in [0.2, 0.25) is 5.91 Å². The van der Waals surface area contributed by atoms with Crippen molar-refractivity contribution in [3.05, 3.63) is 96.1 Å². The molecule has 1 aliphatic carbocycles. The number of rotatable bonds is 8. The molecule has 0 aliphatic heterocycles. The van der Waals surface area contributed by atoms with Crippen molar-refractivity contribution in [3.63, 3.8) is 0 Å². The summed E-state index contributed by atoms with van der Waals surface area (Å²) in [4.78, 5) is 30.3. The van der Waals surface area contributed by atoms with Crippen LogP contribution in [0.15, 0.2) is 84.9 Å². The molecule has 0 bridgehead atoms. The first-order valence-electron chi connectivity index (χ1n) is 11.6. The number of hydrogen-bond donors (Lipinski definition) is 2. The summed E-state index contributed by atoms with van der Waals surface area (Å²) in [6, 6.07) is 27.6. The topological polar surface area (TPSA) is 67.4 Å². The van der Waals surface area contributed by atoms with Gasteiger partial charge in [-0.2, -0.15) is 0 Å². The van der Waals surface area contributed by atoms with Gasteiger partial charge in [-0.15, -0.1) is 0 Å². The summed E-state index contributed by atoms with van der Waals surface area (Å²) in [6.45, 7) is 0.998. The molecule has 4 rings (SSSR count). The van der Waals surface area contributed by atoms with Gasteiger partial charge in [0.05, 0.1) is 6.61 Å². The molecule has 33 heavy (non-hydrogen) atoms. The van der Waals surface area contributed by atoms with Crippen LogP contribution in [0, 0.1) is 11.8 Å². The van der Waals surface area contributed by atoms with Crippen molar-refractivity contribution in [3.8, 4) is 11.1 Å². The minimum Gasteiger partial charge on any atom is -0.352 e. The van der Waals surface area contributed by atoms with Crippen LogP contribution in [0.2, 0.25) is 0 Å². The van der Waals surface area contributed by atoms with Gasteiger partial charge >= 0.3 is 0 Å². The van der Waals surface area contributed by atoms with E-state index in [2.05, 4.69) is 22.9 Å². The smallest absolute Gasteiger partial charge is 0.251 e. The van der Waals surface area contributed by atoms with Crippen molar-refractivity contribution in [2.45, 2.75) is 32.3 Å². The van der Waals surface area contributed by atoms with Crippen LogP contribution in [0.25, 0.3) is 11.1 Å². The molecule has 3 aromatic carbocycles. The lowest BCUT2D eigenvalue weighted by atomic mass is 9.81. The number of amides is 2. The molecular weight excluding hydrogens is 412 g/mol. The van der Waals surface area contributed by atoms with Crippen LogP contribution in [0.3, 0.4) is 0 Å². The lowest BCUT2D eigenvalue weighted by Gasteiger charge is -2.27. The molecule has 0 heterocycles. The summed E-state index contributed by atoms with van der Waals surface area (Å²) < 4.78 is 0. The monoisotopic (exact) mass is 442 g/mol. The molecule has 2 amide bonds. The van der Waals surface area contributed by atoms with Crippen LogP contribution in [0.5, 0.6) is 0 Å². The number of hydroxylamine groups is 1. The van der Waals surface area contributed by atoms with Crippen molar-refractivity contribution in [1.82, 2.24) is 10.8 Å². The number of hydrogen-bond acceptors (Lipinski definition) is 3. The van der Waals surface area contributed by atoms with E-state index in [0.29, 0.717) is 24.6 Å². The van der Waals surface area contributed by atoms with Crippen LogP contribution in [-0.4, -0.2) is 18.4 Å². The van der Waals surface area contributed by atoms with E-state index >= 15 is 0 Å². The van der Waals surface area contributed by atoms with Gasteiger partial charge in [-0.05, 0) is 60.4 Å². The normalized spacial score (nSPS) is 17.8. The highest BCUT2D eigenvalue weighted by atomic mass is 16.6. The van der Waals surface area contributed by atoms with Crippen molar-refractivity contribution in [1.29, 1.82) is 0 Å². The zero-order valence-electron chi connectivity index (χ0n) is 18.7. The minimum absolute atomic E-state index is 0.0294. The molecule has 1 saturated carbocycles. The predicted molar refractivity (Wildman–Crippen MR) is 129 cm³/mol. The highest BCUT2D eigenvalue weighted by Gasteiger charge is 2.26. The highest BCUT2D eigenvalue weighted by molar-refractivity contribution is 5.94. The second-order valence-electron chi connectivity index (χ2n) is 8.61. The molecule has 0 atom stereocenters. The summed E-state index contributed by atoms with van der Waals surface area (Å²) in [6.07, 6.45) is 3.47. The molecule has 0 radical (unpaired) electrons. The second-order valence-corrected chi connectivity index (χ2v) is 8.61. The van der Waals surface area contributed by atoms with Crippen molar-refractivity contribution < 1.29 is 14.4 Å². The number of nitrogens with one attached hydrogen (secondary N) is 2. The number of benzene rings is 3. The van der Waals surface area contributed by atoms with Crippen molar-refractivity contribution >= 4 is 11.8 Å². The maximum Gasteiger partial charge on any atom is 0.251 e. The fourth-order valence-corrected chi connectivity index (χ4v) is 4.26. The Bertz CT molecular complexity index is 1030. The average Bonchev–Trinajstić information content (AvgIpc) is 2.89. The molecule has 0 aromatic heterocycles. The van der Waals surface area contributed by atoms with E-state index in [1.165, 1.54) is 0 Å². The van der Waals surface area contributed by atoms with E-state index in [0.717, 1.165) is 42.4 Å². The van der Waals surface area contributed by atoms with E-state index < -0.39 is 0 Å². The molecule has 0 unspecified atom stereocenters. The van der Waals surface area contributed by atoms with Crippen molar-refractivity contribution in [2.24, 2.45) is 11.8 Å². The fourth-order valence-electron chi connectivity index (χ4n) is 4.26. The van der Waals surface area contributed by atoms with Gasteiger partial charge in [0.15, 0.2) is 0 Å². The Kier molecular flexibility index (Phi) is 7.88. The third-order valence-corrected chi connectivity index (χ3v) is 6.28. The average molecular weight is 443 g/mol. The standard InChI is InChI=1S/C28H30N2O3/c31-27(25-17-15-24(16-18-25)23-9-5-2-6-10-23)29-19-21-11-13-26(14-12-21)28(32)30-33-20-22-7-3-1-4-8-22/h1-10,15-18,21,26H,11-14,19-20H2,(H,29,31)(H,30,32). The number of carbonyl (C=O) groups excluding carboxylic acids is 2. The summed E-state index contributed by atoms with van der Waals surface area (Å²) in [5.74, 6) is 0.265. The van der Waals surface area contributed by atoms with Crippen molar-refractivity contribution in [2.75, 3.05) is 6.54 Å². The van der Waals surface area contributed by atoms with Gasteiger partial charge in [0, 0.05) is 18.0 Å². The van der Waals surface area contributed by atoms with E-state index in [9.17, 15) is 9.59 Å². The summed E-state index contributed by atoms with van der Waals surface area (Å²) in [7, 11) is 0. The lowest BCUT2D eigenvalue weighted by Crippen LogP contribution is -2.36. The zero-order valence-corrected chi connectivity index (χ0v) is 18.7. The van der Waals surface area contributed by atoms with E-state index in [1.54, 1.807) is 0 Å². The molecule has 5 heteroatoms. The minimum atomic E-state index is -0.0520. The van der Waals surface area contributed by atoms with Gasteiger partial charge in [0.25, 0.3) is 5.91 Å². The lowest BCUT2D eigenvalue weighted by molar-refractivity contribution is -0.140. The van der Waals surface area contributed by atoms with E-state index in [4.69, 9.17) is 4.84 Å². The molecule has 2 N–H and O–H groups in total. The number of carbonyl (C=O) groups is 2. The summed E-state index contributed by atoms with van der Waals surface area (Å²) in [5.41, 5.74) is 6.51. The quantitative estimate of drug-likeness (QED) is 0.475. The molecule has 1 fully saturated rings. The maximum absolute atomic E-state index is 12.6. The predicted octanol–water partition coefficient (Wildman–Crippen LogP) is 5.14. The van der Waals surface area contributed by atoms with Crippen LogP contribution in [0.1, 0.15) is 41.6 Å². The molecule has 170 valence electrons. The summed E-state index contributed by atoms with van der Waals surface area (Å²) in [5, 5.41) is 3.06. The molecule has 0 spiro atoms. The first-order chi connectivity index (χ1) is 16.2. The van der Waals surface area contributed by atoms with Crippen LogP contribution in [-0.2, 0) is 16.2 Å². The SMILES string of the molecule is O=C(NCC1CCC(C(=O)NOCc2ccccc2)CC1)c1ccc(-c2ccccc2)cc1. The van der Waals surface area contributed by atoms with Gasteiger partial charge in [0.1, 0.15) is 0 Å². The van der Waals surface area contributed by atoms with Crippen LogP contribution >= 0.6 is 0 Å².